The van der Waals surface area contributed by atoms with Gasteiger partial charge in [0.2, 0.25) is 0 Å². The van der Waals surface area contributed by atoms with Crippen molar-refractivity contribution in [1.82, 2.24) is 0 Å². The van der Waals surface area contributed by atoms with Gasteiger partial charge in [0.25, 0.3) is 0 Å². The molecule has 3 aromatic rings. The highest BCUT2D eigenvalue weighted by Gasteiger charge is 2.30. The van der Waals surface area contributed by atoms with Crippen LogP contribution in [0.1, 0.15) is 23.6 Å². The Kier molecular flexibility index (Phi) is 4.60. The highest BCUT2D eigenvalue weighted by atomic mass is 79.9. The van der Waals surface area contributed by atoms with Crippen molar-refractivity contribution in [3.8, 4) is 0 Å². The lowest BCUT2D eigenvalue weighted by atomic mass is 9.98. The average molecular weight is 412 g/mol. The third kappa shape index (κ3) is 3.35. The predicted octanol–water partition coefficient (Wildman–Crippen LogP) is 6.46. The molecule has 0 aliphatic carbocycles. The Labute approximate surface area is 160 Å². The number of nitrogens with zero attached hydrogens (tertiary/aromatic N) is 2. The summed E-state index contributed by atoms with van der Waals surface area (Å²) in [6, 6.07) is 26.7. The van der Waals surface area contributed by atoms with Crippen LogP contribution in [-0.4, -0.2) is 5.71 Å². The summed E-state index contributed by atoms with van der Waals surface area (Å²) >= 11 is 9.97. The first-order valence-electron chi connectivity index (χ1n) is 8.14. The number of halogens is 2. The summed E-state index contributed by atoms with van der Waals surface area (Å²) < 4.78 is 1.07. The van der Waals surface area contributed by atoms with Gasteiger partial charge in [0.15, 0.2) is 0 Å². The van der Waals surface area contributed by atoms with Crippen LogP contribution in [0.3, 0.4) is 0 Å². The van der Waals surface area contributed by atoms with Gasteiger partial charge in [-0.05, 0) is 35.4 Å². The van der Waals surface area contributed by atoms with Crippen molar-refractivity contribution in [2.45, 2.75) is 12.5 Å². The maximum absolute atomic E-state index is 6.46. The maximum Gasteiger partial charge on any atom is 0.0832 e. The average Bonchev–Trinajstić information content (AvgIpc) is 3.09. The first-order valence-corrected chi connectivity index (χ1v) is 9.31. The van der Waals surface area contributed by atoms with E-state index in [0.717, 1.165) is 27.9 Å². The van der Waals surface area contributed by atoms with Crippen molar-refractivity contribution in [1.29, 1.82) is 0 Å². The van der Waals surface area contributed by atoms with Crippen molar-refractivity contribution in [2.24, 2.45) is 5.10 Å². The summed E-state index contributed by atoms with van der Waals surface area (Å²) in [4.78, 5) is 0. The van der Waals surface area contributed by atoms with Gasteiger partial charge in [0.1, 0.15) is 0 Å². The van der Waals surface area contributed by atoms with Crippen molar-refractivity contribution in [3.05, 3.63) is 99.5 Å². The van der Waals surface area contributed by atoms with Crippen LogP contribution in [0.25, 0.3) is 0 Å². The minimum atomic E-state index is 0.128. The number of hydrogen-bond acceptors (Lipinski definition) is 2. The van der Waals surface area contributed by atoms with Crippen LogP contribution in [0.15, 0.2) is 88.4 Å². The van der Waals surface area contributed by atoms with E-state index < -0.39 is 0 Å². The fourth-order valence-corrected chi connectivity index (χ4v) is 3.61. The summed E-state index contributed by atoms with van der Waals surface area (Å²) in [5.74, 6) is 0. The van der Waals surface area contributed by atoms with Crippen LogP contribution in [-0.2, 0) is 0 Å². The Balaban J connectivity index is 1.78. The zero-order chi connectivity index (χ0) is 17.2. The summed E-state index contributed by atoms with van der Waals surface area (Å²) in [6.07, 6.45) is 0.844. The summed E-state index contributed by atoms with van der Waals surface area (Å²) in [5, 5.41) is 7.68. The molecular formula is C21H16BrClN2. The lowest BCUT2D eigenvalue weighted by Crippen LogP contribution is -2.18. The van der Waals surface area contributed by atoms with Gasteiger partial charge < -0.3 is 0 Å². The van der Waals surface area contributed by atoms with Gasteiger partial charge in [0, 0.05) is 10.9 Å². The maximum atomic E-state index is 6.46. The molecule has 3 aromatic carbocycles. The van der Waals surface area contributed by atoms with Gasteiger partial charge in [-0.15, -0.1) is 0 Å². The van der Waals surface area contributed by atoms with E-state index in [4.69, 9.17) is 16.7 Å². The molecule has 0 saturated carbocycles. The SMILES string of the molecule is Clc1ccccc1N1N=C(c2ccccc2)C[C@@H]1c1ccc(Br)cc1. The standard InChI is InChI=1S/C21H16BrClN2/c22-17-12-10-16(11-13-17)21-14-19(15-6-2-1-3-7-15)24-25(21)20-9-5-4-8-18(20)23/h1-13,21H,14H2/t21-/m1/s1. The first kappa shape index (κ1) is 16.4. The van der Waals surface area contributed by atoms with E-state index in [1.54, 1.807) is 0 Å². The molecule has 1 aliphatic rings. The van der Waals surface area contributed by atoms with E-state index in [2.05, 4.69) is 52.3 Å². The van der Waals surface area contributed by atoms with Crippen LogP contribution in [0.5, 0.6) is 0 Å². The van der Waals surface area contributed by atoms with Crippen LogP contribution < -0.4 is 5.01 Å². The molecule has 1 heterocycles. The molecule has 0 N–H and O–H groups in total. The largest absolute Gasteiger partial charge is 0.256 e. The Morgan fingerprint density at radius 2 is 1.56 bits per heavy atom. The molecular weight excluding hydrogens is 396 g/mol. The van der Waals surface area contributed by atoms with E-state index >= 15 is 0 Å². The Morgan fingerprint density at radius 1 is 0.880 bits per heavy atom. The second-order valence-corrected chi connectivity index (χ2v) is 7.30. The molecule has 0 fully saturated rings. The number of rotatable bonds is 3. The molecule has 0 radical (unpaired) electrons. The van der Waals surface area contributed by atoms with Gasteiger partial charge in [-0.3, -0.25) is 5.01 Å². The fraction of sp³-hybridized carbons (Fsp3) is 0.0952. The third-order valence-electron chi connectivity index (χ3n) is 4.37. The monoisotopic (exact) mass is 410 g/mol. The molecule has 0 unspecified atom stereocenters. The highest BCUT2D eigenvalue weighted by Crippen LogP contribution is 2.39. The van der Waals surface area contributed by atoms with Crippen LogP contribution in [0.2, 0.25) is 5.02 Å². The predicted molar refractivity (Wildman–Crippen MR) is 108 cm³/mol. The quantitative estimate of drug-likeness (QED) is 0.483. The molecule has 0 aromatic heterocycles. The van der Waals surface area contributed by atoms with E-state index in [0.29, 0.717) is 5.02 Å². The molecule has 1 aliphatic heterocycles. The van der Waals surface area contributed by atoms with Crippen molar-refractivity contribution in [3.63, 3.8) is 0 Å². The van der Waals surface area contributed by atoms with Gasteiger partial charge in [-0.25, -0.2) is 0 Å². The second-order valence-electron chi connectivity index (χ2n) is 5.98. The number of hydrazone groups is 1. The van der Waals surface area contributed by atoms with E-state index in [1.807, 2.05) is 47.5 Å². The zero-order valence-electron chi connectivity index (χ0n) is 13.4. The highest BCUT2D eigenvalue weighted by molar-refractivity contribution is 9.10. The number of anilines is 1. The van der Waals surface area contributed by atoms with Gasteiger partial charge >= 0.3 is 0 Å². The topological polar surface area (TPSA) is 15.6 Å². The van der Waals surface area contributed by atoms with E-state index in [1.165, 1.54) is 5.56 Å². The number of benzene rings is 3. The molecule has 2 nitrogen and oxygen atoms in total. The smallest absolute Gasteiger partial charge is 0.0832 e. The fourth-order valence-electron chi connectivity index (χ4n) is 3.12. The van der Waals surface area contributed by atoms with E-state index in [9.17, 15) is 0 Å². The Hall–Kier alpha value is -2.10. The molecule has 0 amide bonds. The van der Waals surface area contributed by atoms with Crippen molar-refractivity contribution in [2.75, 3.05) is 5.01 Å². The minimum absolute atomic E-state index is 0.128. The van der Waals surface area contributed by atoms with Gasteiger partial charge in [-0.1, -0.05) is 82.1 Å². The molecule has 124 valence electrons. The Bertz CT molecular complexity index is 907. The second kappa shape index (κ2) is 7.03. The summed E-state index contributed by atoms with van der Waals surface area (Å²) in [7, 11) is 0. The van der Waals surface area contributed by atoms with Gasteiger partial charge in [0.05, 0.1) is 22.5 Å². The Morgan fingerprint density at radius 3 is 2.28 bits per heavy atom. The molecule has 0 bridgehead atoms. The minimum Gasteiger partial charge on any atom is -0.256 e. The number of hydrogen-bond donors (Lipinski definition) is 0. The first-order chi connectivity index (χ1) is 12.2. The normalized spacial score (nSPS) is 16.8. The lowest BCUT2D eigenvalue weighted by molar-refractivity contribution is 0.709. The van der Waals surface area contributed by atoms with E-state index in [-0.39, 0.29) is 6.04 Å². The molecule has 0 spiro atoms. The number of para-hydroxylation sites is 1. The molecule has 4 rings (SSSR count). The third-order valence-corrected chi connectivity index (χ3v) is 5.22. The molecule has 4 heteroatoms. The van der Waals surface area contributed by atoms with Crippen LogP contribution in [0, 0.1) is 0 Å². The summed E-state index contributed by atoms with van der Waals surface area (Å²) in [5.41, 5.74) is 4.38. The summed E-state index contributed by atoms with van der Waals surface area (Å²) in [6.45, 7) is 0. The van der Waals surface area contributed by atoms with Crippen molar-refractivity contribution < 1.29 is 0 Å². The molecule has 0 saturated heterocycles. The zero-order valence-corrected chi connectivity index (χ0v) is 15.8. The lowest BCUT2D eigenvalue weighted by Gasteiger charge is -2.24. The molecule has 25 heavy (non-hydrogen) atoms. The van der Waals surface area contributed by atoms with Crippen LogP contribution in [0.4, 0.5) is 5.69 Å². The van der Waals surface area contributed by atoms with Gasteiger partial charge in [-0.2, -0.15) is 5.10 Å². The van der Waals surface area contributed by atoms with Crippen LogP contribution >= 0.6 is 27.5 Å². The molecule has 1 atom stereocenters. The van der Waals surface area contributed by atoms with Crippen molar-refractivity contribution >= 4 is 38.9 Å².